The normalized spacial score (nSPS) is 12.6. The van der Waals surface area contributed by atoms with Crippen LogP contribution in [-0.4, -0.2) is 82.3 Å². The van der Waals surface area contributed by atoms with Crippen molar-refractivity contribution < 1.29 is 29.7 Å². The summed E-state index contributed by atoms with van der Waals surface area (Å²) in [5.74, 6) is -3.11. The van der Waals surface area contributed by atoms with Crippen LogP contribution in [0.5, 0.6) is 0 Å². The number of carboxylic acid groups (broad SMARTS) is 3. The van der Waals surface area contributed by atoms with Crippen LogP contribution in [0.1, 0.15) is 13.3 Å². The fraction of sp³-hybridized carbons (Fsp3) is 0.727. The Morgan fingerprint density at radius 1 is 1.00 bits per heavy atom. The van der Waals surface area contributed by atoms with E-state index in [0.29, 0.717) is 13.0 Å². The van der Waals surface area contributed by atoms with Crippen LogP contribution < -0.4 is 0 Å². The molecule has 0 aromatic rings. The van der Waals surface area contributed by atoms with Crippen molar-refractivity contribution in [3.05, 3.63) is 0 Å². The fourth-order valence-electron chi connectivity index (χ4n) is 1.52. The summed E-state index contributed by atoms with van der Waals surface area (Å²) < 4.78 is 0. The van der Waals surface area contributed by atoms with Crippen molar-refractivity contribution in [1.29, 1.82) is 0 Å². The fourth-order valence-corrected chi connectivity index (χ4v) is 1.52. The van der Waals surface area contributed by atoms with E-state index in [2.05, 4.69) is 0 Å². The molecule has 0 aliphatic carbocycles. The Balaban J connectivity index is 4.14. The van der Waals surface area contributed by atoms with Crippen LogP contribution in [0.2, 0.25) is 0 Å². The highest BCUT2D eigenvalue weighted by molar-refractivity contribution is 5.73. The molecule has 0 aliphatic rings. The maximum absolute atomic E-state index is 10.7. The lowest BCUT2D eigenvalue weighted by Gasteiger charge is -2.23. The second kappa shape index (κ2) is 8.44. The summed E-state index contributed by atoms with van der Waals surface area (Å²) in [6, 6.07) is -0.632. The molecule has 1 unspecified atom stereocenters. The zero-order chi connectivity index (χ0) is 15.0. The molecular weight excluding hydrogens is 256 g/mol. The molecule has 8 nitrogen and oxygen atoms in total. The third kappa shape index (κ3) is 8.11. The van der Waals surface area contributed by atoms with Crippen molar-refractivity contribution in [1.82, 2.24) is 9.80 Å². The van der Waals surface area contributed by atoms with Crippen LogP contribution in [0.3, 0.4) is 0 Å². The topological polar surface area (TPSA) is 118 Å². The number of aliphatic carboxylic acids is 3. The van der Waals surface area contributed by atoms with Crippen molar-refractivity contribution in [3.8, 4) is 0 Å². The smallest absolute Gasteiger partial charge is 0.320 e. The van der Waals surface area contributed by atoms with Gasteiger partial charge in [0, 0.05) is 6.54 Å². The van der Waals surface area contributed by atoms with Crippen molar-refractivity contribution in [2.24, 2.45) is 0 Å². The average Bonchev–Trinajstić information content (AvgIpc) is 2.25. The van der Waals surface area contributed by atoms with Gasteiger partial charge in [0.2, 0.25) is 0 Å². The molecule has 0 bridgehead atoms. The molecular formula is C11H20N2O6. The van der Waals surface area contributed by atoms with E-state index in [1.54, 1.807) is 18.9 Å². The molecule has 8 heteroatoms. The minimum absolute atomic E-state index is 0.287. The molecule has 0 spiro atoms. The summed E-state index contributed by atoms with van der Waals surface area (Å²) >= 11 is 0. The molecule has 0 aromatic carbocycles. The largest absolute Gasteiger partial charge is 0.480 e. The molecule has 110 valence electrons. The van der Waals surface area contributed by atoms with Gasteiger partial charge in [0.15, 0.2) is 0 Å². The van der Waals surface area contributed by atoms with Crippen molar-refractivity contribution in [3.63, 3.8) is 0 Å². The van der Waals surface area contributed by atoms with Gasteiger partial charge < -0.3 is 15.3 Å². The molecule has 0 saturated heterocycles. The molecule has 0 radical (unpaired) electrons. The highest BCUT2D eigenvalue weighted by Gasteiger charge is 2.17. The van der Waals surface area contributed by atoms with Crippen LogP contribution in [0, 0.1) is 0 Å². The number of nitrogens with zero attached hydrogens (tertiary/aromatic N) is 2. The molecule has 19 heavy (non-hydrogen) atoms. The van der Waals surface area contributed by atoms with E-state index in [-0.39, 0.29) is 19.6 Å². The standard InChI is InChI=1S/C11H20N2O6/c1-8(11(18)19)12(2)4-3-5-13(6-9(14)15)7-10(16)17/h8H,3-7H2,1-2H3,(H,14,15)(H,16,17)(H,18,19). The van der Waals surface area contributed by atoms with E-state index >= 15 is 0 Å². The first-order valence-electron chi connectivity index (χ1n) is 5.83. The zero-order valence-corrected chi connectivity index (χ0v) is 11.1. The van der Waals surface area contributed by atoms with Gasteiger partial charge in [-0.3, -0.25) is 24.2 Å². The molecule has 3 N–H and O–H groups in total. The van der Waals surface area contributed by atoms with E-state index in [9.17, 15) is 14.4 Å². The SMILES string of the molecule is CC(C(=O)O)N(C)CCCN(CC(=O)O)CC(=O)O. The minimum Gasteiger partial charge on any atom is -0.480 e. The van der Waals surface area contributed by atoms with Gasteiger partial charge in [-0.1, -0.05) is 0 Å². The van der Waals surface area contributed by atoms with E-state index in [1.165, 1.54) is 4.90 Å². The summed E-state index contributed by atoms with van der Waals surface area (Å²) in [6.45, 7) is 1.60. The maximum Gasteiger partial charge on any atom is 0.320 e. The van der Waals surface area contributed by atoms with Gasteiger partial charge in [0.1, 0.15) is 6.04 Å². The van der Waals surface area contributed by atoms with E-state index < -0.39 is 23.9 Å². The van der Waals surface area contributed by atoms with Gasteiger partial charge in [0.05, 0.1) is 13.1 Å². The van der Waals surface area contributed by atoms with Gasteiger partial charge in [-0.2, -0.15) is 0 Å². The van der Waals surface area contributed by atoms with Crippen molar-refractivity contribution in [2.45, 2.75) is 19.4 Å². The number of hydrogen-bond donors (Lipinski definition) is 3. The lowest BCUT2D eigenvalue weighted by Crippen LogP contribution is -2.39. The molecule has 0 aliphatic heterocycles. The summed E-state index contributed by atoms with van der Waals surface area (Å²) in [5, 5.41) is 26.1. The monoisotopic (exact) mass is 276 g/mol. The Labute approximate surface area is 111 Å². The summed E-state index contributed by atoms with van der Waals surface area (Å²) in [6.07, 6.45) is 0.495. The van der Waals surface area contributed by atoms with Gasteiger partial charge >= 0.3 is 17.9 Å². The lowest BCUT2D eigenvalue weighted by atomic mass is 10.2. The average molecular weight is 276 g/mol. The number of carboxylic acids is 3. The summed E-state index contributed by atoms with van der Waals surface area (Å²) in [4.78, 5) is 34.8. The van der Waals surface area contributed by atoms with Gasteiger partial charge in [0.25, 0.3) is 0 Å². The minimum atomic E-state index is -1.09. The quantitative estimate of drug-likeness (QED) is 0.477. The Kier molecular flexibility index (Phi) is 7.69. The molecule has 0 aromatic heterocycles. The van der Waals surface area contributed by atoms with Gasteiger partial charge in [-0.25, -0.2) is 0 Å². The lowest BCUT2D eigenvalue weighted by molar-refractivity contribution is -0.142. The Morgan fingerprint density at radius 3 is 1.84 bits per heavy atom. The predicted molar refractivity (Wildman–Crippen MR) is 66.1 cm³/mol. The summed E-state index contributed by atoms with van der Waals surface area (Å²) in [5.41, 5.74) is 0. The van der Waals surface area contributed by atoms with Crippen LogP contribution >= 0.6 is 0 Å². The first-order chi connectivity index (χ1) is 8.73. The Morgan fingerprint density at radius 2 is 1.47 bits per heavy atom. The van der Waals surface area contributed by atoms with Crippen LogP contribution in [0.25, 0.3) is 0 Å². The van der Waals surface area contributed by atoms with Crippen LogP contribution in [0.15, 0.2) is 0 Å². The molecule has 0 saturated carbocycles. The van der Waals surface area contributed by atoms with E-state index in [4.69, 9.17) is 15.3 Å². The Bertz CT molecular complexity index is 317. The van der Waals surface area contributed by atoms with Crippen LogP contribution in [-0.2, 0) is 14.4 Å². The second-order valence-electron chi connectivity index (χ2n) is 4.35. The molecule has 0 heterocycles. The first-order valence-corrected chi connectivity index (χ1v) is 5.83. The second-order valence-corrected chi connectivity index (χ2v) is 4.35. The summed E-state index contributed by atoms with van der Waals surface area (Å²) in [7, 11) is 1.65. The number of carbonyl (C=O) groups is 3. The van der Waals surface area contributed by atoms with Gasteiger partial charge in [-0.15, -0.1) is 0 Å². The number of hydrogen-bond acceptors (Lipinski definition) is 5. The third-order valence-corrected chi connectivity index (χ3v) is 2.72. The van der Waals surface area contributed by atoms with Crippen molar-refractivity contribution in [2.75, 3.05) is 33.2 Å². The number of likely N-dealkylation sites (N-methyl/N-ethyl adjacent to an activating group) is 1. The zero-order valence-electron chi connectivity index (χ0n) is 11.1. The van der Waals surface area contributed by atoms with E-state index in [1.807, 2.05) is 0 Å². The third-order valence-electron chi connectivity index (χ3n) is 2.72. The van der Waals surface area contributed by atoms with Crippen LogP contribution in [0.4, 0.5) is 0 Å². The Hall–Kier alpha value is -1.67. The molecule has 0 rings (SSSR count). The van der Waals surface area contributed by atoms with Gasteiger partial charge in [-0.05, 0) is 26.9 Å². The first kappa shape index (κ1) is 17.3. The molecule has 0 amide bonds. The number of rotatable bonds is 10. The highest BCUT2D eigenvalue weighted by atomic mass is 16.4. The van der Waals surface area contributed by atoms with Crippen molar-refractivity contribution >= 4 is 17.9 Å². The predicted octanol–water partition coefficient (Wildman–Crippen LogP) is -0.747. The maximum atomic E-state index is 10.7. The molecule has 0 fully saturated rings. The van der Waals surface area contributed by atoms with E-state index in [0.717, 1.165) is 0 Å². The molecule has 1 atom stereocenters. The highest BCUT2D eigenvalue weighted by Crippen LogP contribution is 1.99.